The van der Waals surface area contributed by atoms with Gasteiger partial charge in [0.2, 0.25) is 5.91 Å². The van der Waals surface area contributed by atoms with Gasteiger partial charge >= 0.3 is 7.82 Å². The molecule has 0 saturated heterocycles. The smallest absolute Gasteiger partial charge is 0.391 e. The van der Waals surface area contributed by atoms with Crippen LogP contribution in [-0.4, -0.2) is 73.4 Å². The number of carbonyl (C=O) groups excluding carboxylic acids is 1. The lowest BCUT2D eigenvalue weighted by molar-refractivity contribution is -0.870. The molecule has 0 radical (unpaired) electrons. The number of carbonyl (C=O) groups is 1. The van der Waals surface area contributed by atoms with Crippen molar-refractivity contribution in [2.75, 3.05) is 40.9 Å². The molecule has 9 heteroatoms. The fourth-order valence-corrected chi connectivity index (χ4v) is 8.52. The molecule has 0 saturated carbocycles. The molecule has 0 aromatic heterocycles. The predicted molar refractivity (Wildman–Crippen MR) is 281 cm³/mol. The van der Waals surface area contributed by atoms with Crippen LogP contribution in [0.15, 0.2) is 60.8 Å². The van der Waals surface area contributed by atoms with Gasteiger partial charge in [-0.25, -0.2) is 4.57 Å². The Labute approximate surface area is 402 Å². The minimum Gasteiger partial charge on any atom is -0.391 e. The van der Waals surface area contributed by atoms with Crippen LogP contribution >= 0.6 is 7.82 Å². The molecule has 3 unspecified atom stereocenters. The molecule has 3 atom stereocenters. The summed E-state index contributed by atoms with van der Waals surface area (Å²) in [7, 11) is 1.60. The SMILES string of the molecule is CC/C=C\C/C=C\C/C=C\C/C=C\C/C=C\CCCCCCCCCC(=O)NC(COP(=O)(O)OCC[N+](C)(C)C)C(O)CCCCCCCCCCCCCCCCCCCCCC. The van der Waals surface area contributed by atoms with Gasteiger partial charge in [-0.2, -0.15) is 0 Å². The Morgan fingerprint density at radius 3 is 1.35 bits per heavy atom. The second-order valence-electron chi connectivity index (χ2n) is 19.6. The molecule has 0 spiro atoms. The van der Waals surface area contributed by atoms with Crippen LogP contribution < -0.4 is 5.32 Å². The second-order valence-corrected chi connectivity index (χ2v) is 21.0. The first-order chi connectivity index (χ1) is 31.5. The molecule has 1 amide bonds. The number of allylic oxidation sites excluding steroid dienone is 10. The van der Waals surface area contributed by atoms with Crippen molar-refractivity contribution < 1.29 is 32.9 Å². The lowest BCUT2D eigenvalue weighted by Gasteiger charge is -2.26. The number of nitrogens with one attached hydrogen (secondary N) is 1. The van der Waals surface area contributed by atoms with Crippen molar-refractivity contribution in [1.82, 2.24) is 5.32 Å². The molecule has 3 N–H and O–H groups in total. The van der Waals surface area contributed by atoms with E-state index in [4.69, 9.17) is 9.05 Å². The fourth-order valence-electron chi connectivity index (χ4n) is 7.78. The summed E-state index contributed by atoms with van der Waals surface area (Å²) in [5.41, 5.74) is 0. The highest BCUT2D eigenvalue weighted by atomic mass is 31.2. The maximum absolute atomic E-state index is 13.0. The van der Waals surface area contributed by atoms with Crippen molar-refractivity contribution in [3.8, 4) is 0 Å². The highest BCUT2D eigenvalue weighted by Crippen LogP contribution is 2.43. The first-order valence-corrected chi connectivity index (χ1v) is 28.6. The number of amides is 1. The molecular weight excluding hydrogens is 828 g/mol. The third-order valence-electron chi connectivity index (χ3n) is 12.0. The van der Waals surface area contributed by atoms with E-state index in [1.54, 1.807) is 0 Å². The average Bonchev–Trinajstić information content (AvgIpc) is 3.26. The maximum Gasteiger partial charge on any atom is 0.472 e. The van der Waals surface area contributed by atoms with Crippen LogP contribution in [0.5, 0.6) is 0 Å². The molecular formula is C56H106N2O6P+. The standard InChI is InChI=1S/C56H105N2O6P/c1-6-8-10-12-14-16-18-20-22-24-26-28-29-30-32-34-36-38-40-42-44-46-48-50-56(60)57-54(53-64-65(61,62)63-52-51-58(3,4)5)55(59)49-47-45-43-41-39-37-35-33-31-27-25-23-21-19-17-15-13-11-9-7-2/h8,10,14,16,20,22,26,28,30,32,54-55,59H,6-7,9,11-13,15,17-19,21,23-25,27,29,31,33-53H2,1-5H3,(H-,57,60,61,62)/p+1/b10-8-,16-14-,22-20-,28-26-,32-30-. The summed E-state index contributed by atoms with van der Waals surface area (Å²) in [6.45, 7) is 4.78. The van der Waals surface area contributed by atoms with Gasteiger partial charge in [0.15, 0.2) is 0 Å². The van der Waals surface area contributed by atoms with E-state index in [2.05, 4.69) is 79.9 Å². The number of rotatable bonds is 49. The molecule has 0 aromatic carbocycles. The summed E-state index contributed by atoms with van der Waals surface area (Å²) in [6.07, 6.45) is 62.6. The predicted octanol–water partition coefficient (Wildman–Crippen LogP) is 16.1. The zero-order valence-electron chi connectivity index (χ0n) is 43.2. The van der Waals surface area contributed by atoms with E-state index in [9.17, 15) is 19.4 Å². The first kappa shape index (κ1) is 63.2. The van der Waals surface area contributed by atoms with Crippen LogP contribution in [0, 0.1) is 0 Å². The average molecular weight is 934 g/mol. The van der Waals surface area contributed by atoms with E-state index in [0.717, 1.165) is 77.0 Å². The van der Waals surface area contributed by atoms with Crippen LogP contribution in [0.25, 0.3) is 0 Å². The number of aliphatic hydroxyl groups is 1. The van der Waals surface area contributed by atoms with Gasteiger partial charge in [0, 0.05) is 6.42 Å². The first-order valence-electron chi connectivity index (χ1n) is 27.2. The Morgan fingerprint density at radius 2 is 0.923 bits per heavy atom. The van der Waals surface area contributed by atoms with E-state index in [1.165, 1.54) is 135 Å². The molecule has 380 valence electrons. The van der Waals surface area contributed by atoms with Crippen molar-refractivity contribution in [3.05, 3.63) is 60.8 Å². The molecule has 0 aliphatic carbocycles. The zero-order chi connectivity index (χ0) is 47.8. The summed E-state index contributed by atoms with van der Waals surface area (Å²) in [4.78, 5) is 23.3. The molecule has 65 heavy (non-hydrogen) atoms. The zero-order valence-corrected chi connectivity index (χ0v) is 44.1. The summed E-state index contributed by atoms with van der Waals surface area (Å²) >= 11 is 0. The lowest BCUT2D eigenvalue weighted by atomic mass is 10.0. The van der Waals surface area contributed by atoms with Crippen LogP contribution in [0.2, 0.25) is 0 Å². The highest BCUT2D eigenvalue weighted by molar-refractivity contribution is 7.47. The topological polar surface area (TPSA) is 105 Å². The number of quaternary nitrogens is 1. The van der Waals surface area contributed by atoms with Crippen molar-refractivity contribution in [2.24, 2.45) is 0 Å². The fraction of sp³-hybridized carbons (Fsp3) is 0.804. The Kier molecular flexibility index (Phi) is 46.0. The molecule has 0 fully saturated rings. The number of phosphoric ester groups is 1. The minimum absolute atomic E-state index is 0.0700. The summed E-state index contributed by atoms with van der Waals surface area (Å²) in [5.74, 6) is -0.156. The highest BCUT2D eigenvalue weighted by Gasteiger charge is 2.28. The summed E-state index contributed by atoms with van der Waals surface area (Å²) in [6, 6.07) is -0.770. The van der Waals surface area contributed by atoms with Gasteiger partial charge in [-0.05, 0) is 57.8 Å². The van der Waals surface area contributed by atoms with E-state index in [1.807, 2.05) is 21.1 Å². The Hall–Kier alpha value is -1.80. The van der Waals surface area contributed by atoms with Crippen LogP contribution in [0.1, 0.15) is 239 Å². The van der Waals surface area contributed by atoms with Crippen molar-refractivity contribution in [1.29, 1.82) is 0 Å². The van der Waals surface area contributed by atoms with Crippen LogP contribution in [0.4, 0.5) is 0 Å². The maximum atomic E-state index is 13.0. The normalized spacial score (nSPS) is 14.5. The van der Waals surface area contributed by atoms with Crippen molar-refractivity contribution in [2.45, 2.75) is 251 Å². The van der Waals surface area contributed by atoms with Crippen molar-refractivity contribution >= 4 is 13.7 Å². The quantitative estimate of drug-likeness (QED) is 0.0243. The number of unbranched alkanes of at least 4 members (excludes halogenated alkanes) is 26. The summed E-state index contributed by atoms with van der Waals surface area (Å²) in [5, 5.41) is 14.0. The molecule has 0 bridgehead atoms. The number of nitrogens with zero attached hydrogens (tertiary/aromatic N) is 1. The third-order valence-corrected chi connectivity index (χ3v) is 13.0. The number of likely N-dealkylation sites (N-methyl/N-ethyl adjacent to an activating group) is 1. The Balaban J connectivity index is 4.26. The second kappa shape index (κ2) is 47.3. The molecule has 0 rings (SSSR count). The third kappa shape index (κ3) is 49.9. The van der Waals surface area contributed by atoms with Crippen molar-refractivity contribution in [3.63, 3.8) is 0 Å². The van der Waals surface area contributed by atoms with Gasteiger partial charge in [-0.3, -0.25) is 13.8 Å². The van der Waals surface area contributed by atoms with Gasteiger partial charge < -0.3 is 19.8 Å². The number of aliphatic hydroxyl groups excluding tert-OH is 1. The molecule has 8 nitrogen and oxygen atoms in total. The van der Waals surface area contributed by atoms with E-state index in [0.29, 0.717) is 23.9 Å². The van der Waals surface area contributed by atoms with Gasteiger partial charge in [0.05, 0.1) is 39.9 Å². The van der Waals surface area contributed by atoms with E-state index < -0.39 is 20.0 Å². The van der Waals surface area contributed by atoms with E-state index in [-0.39, 0.29) is 19.1 Å². The lowest BCUT2D eigenvalue weighted by Crippen LogP contribution is -2.46. The molecule has 0 aromatic rings. The van der Waals surface area contributed by atoms with Crippen LogP contribution in [0.3, 0.4) is 0 Å². The van der Waals surface area contributed by atoms with Gasteiger partial charge in [0.25, 0.3) is 0 Å². The minimum atomic E-state index is -4.33. The molecule has 0 heterocycles. The summed E-state index contributed by atoms with van der Waals surface area (Å²) < 4.78 is 23.8. The molecule has 0 aliphatic heterocycles. The van der Waals surface area contributed by atoms with Gasteiger partial charge in [0.1, 0.15) is 13.2 Å². The number of hydrogen-bond donors (Lipinski definition) is 3. The largest absolute Gasteiger partial charge is 0.472 e. The van der Waals surface area contributed by atoms with Gasteiger partial charge in [-0.15, -0.1) is 0 Å². The molecule has 0 aliphatic rings. The van der Waals surface area contributed by atoms with E-state index >= 15 is 0 Å². The number of hydrogen-bond acceptors (Lipinski definition) is 5. The Morgan fingerprint density at radius 1 is 0.538 bits per heavy atom. The van der Waals surface area contributed by atoms with Gasteiger partial charge in [-0.1, -0.05) is 235 Å². The Bertz CT molecular complexity index is 1240. The monoisotopic (exact) mass is 934 g/mol. The van der Waals surface area contributed by atoms with Crippen LogP contribution in [-0.2, 0) is 18.4 Å². The number of phosphoric acid groups is 1.